The van der Waals surface area contributed by atoms with Crippen molar-refractivity contribution in [1.82, 2.24) is 15.2 Å². The van der Waals surface area contributed by atoms with Gasteiger partial charge in [-0.1, -0.05) is 80.6 Å². The number of nitrogens with zero attached hydrogens (tertiary/aromatic N) is 1. The van der Waals surface area contributed by atoms with Crippen molar-refractivity contribution >= 4 is 52.3 Å². The van der Waals surface area contributed by atoms with Gasteiger partial charge in [0.05, 0.1) is 17.8 Å². The first-order chi connectivity index (χ1) is 24.6. The van der Waals surface area contributed by atoms with Crippen LogP contribution in [0.2, 0.25) is 0 Å². The number of carboxylic acid groups (broad SMARTS) is 1. The van der Waals surface area contributed by atoms with E-state index in [0.717, 1.165) is 72.3 Å². The number of aliphatic carboxylic acids is 1. The molecule has 2 fully saturated rings. The second-order valence-corrected chi connectivity index (χ2v) is 13.5. The van der Waals surface area contributed by atoms with E-state index in [2.05, 4.69) is 16.0 Å². The first-order valence-corrected chi connectivity index (χ1v) is 17.6. The first kappa shape index (κ1) is 35.1. The zero-order chi connectivity index (χ0) is 36.0. The fraction of sp³-hybridized carbons (Fsp3) is 0.325. The van der Waals surface area contributed by atoms with Crippen LogP contribution in [-0.4, -0.2) is 51.4 Å². The van der Waals surface area contributed by atoms with Gasteiger partial charge in [0, 0.05) is 22.7 Å². The number of carbonyl (C=O) groups excluding carboxylic acids is 4. The minimum atomic E-state index is -1.12. The second-order valence-electron chi connectivity index (χ2n) is 13.5. The van der Waals surface area contributed by atoms with Gasteiger partial charge >= 0.3 is 5.97 Å². The molecule has 4 aromatic rings. The van der Waals surface area contributed by atoms with Crippen LogP contribution in [0.25, 0.3) is 28.2 Å². The zero-order valence-electron chi connectivity index (χ0n) is 28.5. The molecular formula is C40H43N5O6. The van der Waals surface area contributed by atoms with Crippen LogP contribution in [0.5, 0.6) is 0 Å². The maximum absolute atomic E-state index is 14.1. The molecule has 0 saturated heterocycles. The highest BCUT2D eigenvalue weighted by molar-refractivity contribution is 6.06. The van der Waals surface area contributed by atoms with E-state index in [4.69, 9.17) is 10.8 Å². The SMILES string of the molecule is NC(=O)CNC(=O)Cn1c(-c2ccccc2)c(C2CCCCC2)c2ccc(C(=O)NC3(C(=O)Nc4ccc(/C=C/C(=O)O)cc4)CCCC3)cc21. The number of hydrogen-bond donors (Lipinski definition) is 5. The summed E-state index contributed by atoms with van der Waals surface area (Å²) in [5.41, 5.74) is 9.51. The van der Waals surface area contributed by atoms with Gasteiger partial charge in [0.2, 0.25) is 17.7 Å². The number of primary amides is 1. The summed E-state index contributed by atoms with van der Waals surface area (Å²) in [4.78, 5) is 63.4. The highest BCUT2D eigenvalue weighted by Gasteiger charge is 2.43. The minimum Gasteiger partial charge on any atom is -0.478 e. The van der Waals surface area contributed by atoms with Crippen LogP contribution >= 0.6 is 0 Å². The molecule has 6 rings (SSSR count). The van der Waals surface area contributed by atoms with Gasteiger partial charge in [-0.05, 0) is 78.6 Å². The van der Waals surface area contributed by atoms with E-state index in [9.17, 15) is 24.0 Å². The topological polar surface area (TPSA) is 173 Å². The number of rotatable bonds is 12. The van der Waals surface area contributed by atoms with Crippen LogP contribution in [0, 0.1) is 0 Å². The Bertz CT molecular complexity index is 1970. The van der Waals surface area contributed by atoms with E-state index >= 15 is 0 Å². The van der Waals surface area contributed by atoms with E-state index < -0.39 is 23.3 Å². The first-order valence-electron chi connectivity index (χ1n) is 17.6. The average molecular weight is 690 g/mol. The summed E-state index contributed by atoms with van der Waals surface area (Å²) in [7, 11) is 0. The third-order valence-corrected chi connectivity index (χ3v) is 10.0. The Morgan fingerprint density at radius 3 is 2.25 bits per heavy atom. The van der Waals surface area contributed by atoms with Gasteiger partial charge in [-0.25, -0.2) is 4.79 Å². The zero-order valence-corrected chi connectivity index (χ0v) is 28.5. The fourth-order valence-electron chi connectivity index (χ4n) is 7.55. The molecule has 11 heteroatoms. The van der Waals surface area contributed by atoms with Gasteiger partial charge in [0.15, 0.2) is 0 Å². The number of nitrogens with one attached hydrogen (secondary N) is 3. The van der Waals surface area contributed by atoms with Crippen LogP contribution in [0.15, 0.2) is 78.9 Å². The molecule has 1 aromatic heterocycles. The predicted octanol–water partition coefficient (Wildman–Crippen LogP) is 5.74. The summed E-state index contributed by atoms with van der Waals surface area (Å²) >= 11 is 0. The highest BCUT2D eigenvalue weighted by atomic mass is 16.4. The van der Waals surface area contributed by atoms with Crippen molar-refractivity contribution in [3.05, 3.63) is 95.6 Å². The number of hydrogen-bond acceptors (Lipinski definition) is 5. The third-order valence-electron chi connectivity index (χ3n) is 10.0. The number of benzene rings is 3. The standard InChI is InChI=1S/C40H43N5O6/c41-33(46)24-42-34(47)25-45-32-23-29(16-19-31(32)36(27-9-3-1-4-10-27)37(45)28-11-5-2-6-12-28)38(50)44-40(21-7-8-22-40)39(51)43-30-17-13-26(14-18-30)15-20-35(48)49/h2,5-6,11-20,23,27H,1,3-4,7-10,21-22,24-25H2,(H2,41,46)(H,42,47)(H,43,51)(H,44,50)(H,48,49)/b20-15+. The summed E-state index contributed by atoms with van der Waals surface area (Å²) in [6, 6.07) is 22.3. The van der Waals surface area contributed by atoms with Crippen molar-refractivity contribution < 1.29 is 29.1 Å². The lowest BCUT2D eigenvalue weighted by Gasteiger charge is -2.29. The number of carbonyl (C=O) groups is 5. The smallest absolute Gasteiger partial charge is 0.328 e. The van der Waals surface area contributed by atoms with Crippen molar-refractivity contribution in [2.24, 2.45) is 5.73 Å². The molecule has 0 bridgehead atoms. The van der Waals surface area contributed by atoms with Gasteiger partial charge in [-0.3, -0.25) is 19.2 Å². The number of carboxylic acids is 1. The Labute approximate surface area is 296 Å². The molecule has 11 nitrogen and oxygen atoms in total. The molecule has 4 amide bonds. The Morgan fingerprint density at radius 2 is 1.59 bits per heavy atom. The summed E-state index contributed by atoms with van der Waals surface area (Å²) < 4.78 is 1.94. The minimum absolute atomic E-state index is 0.0803. The molecule has 0 radical (unpaired) electrons. The molecule has 0 atom stereocenters. The highest BCUT2D eigenvalue weighted by Crippen LogP contribution is 2.44. The summed E-state index contributed by atoms with van der Waals surface area (Å²) in [5, 5.41) is 18.5. The lowest BCUT2D eigenvalue weighted by atomic mass is 9.81. The Morgan fingerprint density at radius 1 is 0.882 bits per heavy atom. The molecule has 1 heterocycles. The van der Waals surface area contributed by atoms with Gasteiger partial charge in [0.1, 0.15) is 12.1 Å². The van der Waals surface area contributed by atoms with E-state index in [-0.39, 0.29) is 30.8 Å². The number of amides is 4. The maximum Gasteiger partial charge on any atom is 0.328 e. The molecule has 2 saturated carbocycles. The fourth-order valence-corrected chi connectivity index (χ4v) is 7.55. The predicted molar refractivity (Wildman–Crippen MR) is 196 cm³/mol. The van der Waals surface area contributed by atoms with Gasteiger partial charge in [-0.15, -0.1) is 0 Å². The third kappa shape index (κ3) is 8.03. The lowest BCUT2D eigenvalue weighted by molar-refractivity contribution is -0.131. The molecule has 51 heavy (non-hydrogen) atoms. The van der Waals surface area contributed by atoms with Gasteiger partial charge in [-0.2, -0.15) is 0 Å². The van der Waals surface area contributed by atoms with Crippen LogP contribution in [0.1, 0.15) is 85.2 Å². The van der Waals surface area contributed by atoms with E-state index in [1.807, 2.05) is 41.0 Å². The monoisotopic (exact) mass is 689 g/mol. The summed E-state index contributed by atoms with van der Waals surface area (Å²) in [6.45, 7) is -0.360. The number of nitrogens with two attached hydrogens (primary N) is 1. The molecular weight excluding hydrogens is 646 g/mol. The van der Waals surface area contributed by atoms with Gasteiger partial charge < -0.3 is 31.4 Å². The largest absolute Gasteiger partial charge is 0.478 e. The van der Waals surface area contributed by atoms with Crippen LogP contribution < -0.4 is 21.7 Å². The molecule has 264 valence electrons. The Balaban J connectivity index is 1.34. The summed E-state index contributed by atoms with van der Waals surface area (Å²) in [5.74, 6) is -2.50. The molecule has 3 aromatic carbocycles. The van der Waals surface area contributed by atoms with Crippen LogP contribution in [0.3, 0.4) is 0 Å². The van der Waals surface area contributed by atoms with Crippen molar-refractivity contribution in [3.8, 4) is 11.3 Å². The van der Waals surface area contributed by atoms with Crippen LogP contribution in [0.4, 0.5) is 5.69 Å². The van der Waals surface area contributed by atoms with Crippen molar-refractivity contribution in [2.75, 3.05) is 11.9 Å². The van der Waals surface area contributed by atoms with E-state index in [1.165, 1.54) is 12.5 Å². The van der Waals surface area contributed by atoms with E-state index in [0.29, 0.717) is 29.7 Å². The molecule has 2 aliphatic carbocycles. The molecule has 6 N–H and O–H groups in total. The van der Waals surface area contributed by atoms with E-state index in [1.54, 1.807) is 36.4 Å². The lowest BCUT2D eigenvalue weighted by Crippen LogP contribution is -2.55. The molecule has 2 aliphatic rings. The molecule has 0 spiro atoms. The van der Waals surface area contributed by atoms with Crippen molar-refractivity contribution in [3.63, 3.8) is 0 Å². The van der Waals surface area contributed by atoms with Crippen molar-refractivity contribution in [1.29, 1.82) is 0 Å². The second kappa shape index (κ2) is 15.5. The van der Waals surface area contributed by atoms with Crippen LogP contribution in [-0.2, 0) is 25.7 Å². The van der Waals surface area contributed by atoms with Crippen molar-refractivity contribution in [2.45, 2.75) is 75.8 Å². The Hall–Kier alpha value is -5.71. The molecule has 0 aliphatic heterocycles. The number of fused-ring (bicyclic) bond motifs is 1. The van der Waals surface area contributed by atoms with Gasteiger partial charge in [0.25, 0.3) is 5.91 Å². The number of aromatic nitrogens is 1. The summed E-state index contributed by atoms with van der Waals surface area (Å²) in [6.07, 6.45) is 10.5. The number of anilines is 1. The quantitative estimate of drug-likeness (QED) is 0.119. The Kier molecular flexibility index (Phi) is 10.6. The normalized spacial score (nSPS) is 15.8. The maximum atomic E-state index is 14.1. The molecule has 0 unspecified atom stereocenters. The average Bonchev–Trinajstić information content (AvgIpc) is 3.74.